The van der Waals surface area contributed by atoms with Gasteiger partial charge in [-0.1, -0.05) is 13.0 Å². The summed E-state index contributed by atoms with van der Waals surface area (Å²) in [7, 11) is 0. The monoisotopic (exact) mass is 333 g/mol. The van der Waals surface area contributed by atoms with Gasteiger partial charge in [-0.3, -0.25) is 4.79 Å². The molecular formula is C13H14BrClFNO. The molecule has 1 fully saturated rings. The van der Waals surface area contributed by atoms with Gasteiger partial charge in [-0.25, -0.2) is 4.39 Å². The van der Waals surface area contributed by atoms with Crippen LogP contribution >= 0.6 is 27.5 Å². The second-order valence-electron chi connectivity index (χ2n) is 4.59. The van der Waals surface area contributed by atoms with E-state index in [0.717, 1.165) is 6.42 Å². The molecule has 18 heavy (non-hydrogen) atoms. The fourth-order valence-corrected chi connectivity index (χ4v) is 3.22. The highest BCUT2D eigenvalue weighted by Gasteiger charge is 2.34. The lowest BCUT2D eigenvalue weighted by Crippen LogP contribution is -2.38. The molecule has 2 unspecified atom stereocenters. The summed E-state index contributed by atoms with van der Waals surface area (Å²) >= 11 is 9.05. The molecule has 0 saturated carbocycles. The molecular weight excluding hydrogens is 321 g/mol. The Bertz CT molecular complexity index is 468. The highest BCUT2D eigenvalue weighted by atomic mass is 79.9. The van der Waals surface area contributed by atoms with Crippen LogP contribution in [-0.2, 0) is 0 Å². The summed E-state index contributed by atoms with van der Waals surface area (Å²) in [6.45, 7) is 2.77. The van der Waals surface area contributed by atoms with Gasteiger partial charge in [0.1, 0.15) is 5.82 Å². The number of benzene rings is 1. The highest BCUT2D eigenvalue weighted by molar-refractivity contribution is 9.10. The molecule has 2 nitrogen and oxygen atoms in total. The minimum Gasteiger partial charge on any atom is -0.334 e. The first-order valence-corrected chi connectivity index (χ1v) is 7.20. The predicted molar refractivity (Wildman–Crippen MR) is 73.4 cm³/mol. The molecule has 0 radical (unpaired) electrons. The minimum atomic E-state index is -0.421. The van der Waals surface area contributed by atoms with E-state index in [4.69, 9.17) is 11.6 Å². The number of carbonyl (C=O) groups excluding carboxylic acids is 1. The zero-order valence-electron chi connectivity index (χ0n) is 10.00. The highest BCUT2D eigenvalue weighted by Crippen LogP contribution is 2.29. The predicted octanol–water partition coefficient (Wildman–Crippen LogP) is 3.68. The Kier molecular flexibility index (Phi) is 4.28. The van der Waals surface area contributed by atoms with Gasteiger partial charge in [-0.15, -0.1) is 11.6 Å². The van der Waals surface area contributed by atoms with Crippen LogP contribution in [0.25, 0.3) is 0 Å². The number of hydrogen-bond donors (Lipinski definition) is 0. The van der Waals surface area contributed by atoms with E-state index in [0.29, 0.717) is 23.9 Å². The van der Waals surface area contributed by atoms with Crippen molar-refractivity contribution < 1.29 is 9.18 Å². The van der Waals surface area contributed by atoms with E-state index in [1.54, 1.807) is 17.0 Å². The van der Waals surface area contributed by atoms with E-state index in [2.05, 4.69) is 22.9 Å². The molecule has 98 valence electrons. The van der Waals surface area contributed by atoms with Gasteiger partial charge < -0.3 is 4.90 Å². The Balaban J connectivity index is 2.29. The van der Waals surface area contributed by atoms with Crippen molar-refractivity contribution in [2.24, 2.45) is 5.92 Å². The normalized spacial score (nSPS) is 23.4. The lowest BCUT2D eigenvalue weighted by molar-refractivity contribution is 0.0735. The van der Waals surface area contributed by atoms with Crippen LogP contribution in [0.1, 0.15) is 23.7 Å². The molecule has 1 saturated heterocycles. The smallest absolute Gasteiger partial charge is 0.255 e. The van der Waals surface area contributed by atoms with E-state index in [1.165, 1.54) is 6.07 Å². The van der Waals surface area contributed by atoms with Gasteiger partial charge in [0.15, 0.2) is 0 Å². The van der Waals surface area contributed by atoms with Gasteiger partial charge in [-0.05, 0) is 40.4 Å². The molecule has 1 aliphatic rings. The Labute approximate surface area is 119 Å². The van der Waals surface area contributed by atoms with Crippen LogP contribution < -0.4 is 0 Å². The molecule has 2 atom stereocenters. The molecule has 2 rings (SSSR count). The van der Waals surface area contributed by atoms with Gasteiger partial charge in [-0.2, -0.15) is 0 Å². The number of hydrogen-bond acceptors (Lipinski definition) is 1. The summed E-state index contributed by atoms with van der Waals surface area (Å²) in [5, 5.41) is 0. The summed E-state index contributed by atoms with van der Waals surface area (Å²) in [5.41, 5.74) is 0.360. The molecule has 0 aromatic heterocycles. The van der Waals surface area contributed by atoms with Gasteiger partial charge in [0.2, 0.25) is 0 Å². The Hall–Kier alpha value is -0.610. The Morgan fingerprint density at radius 2 is 2.33 bits per heavy atom. The quantitative estimate of drug-likeness (QED) is 0.756. The third kappa shape index (κ3) is 2.41. The average molecular weight is 335 g/mol. The number of carbonyl (C=O) groups is 1. The molecule has 0 spiro atoms. The molecule has 0 bridgehead atoms. The van der Waals surface area contributed by atoms with E-state index in [1.807, 2.05) is 0 Å². The molecule has 1 aromatic rings. The lowest BCUT2D eigenvalue weighted by Gasteiger charge is -2.25. The van der Waals surface area contributed by atoms with Gasteiger partial charge in [0.25, 0.3) is 5.91 Å². The van der Waals surface area contributed by atoms with Crippen LogP contribution in [0.4, 0.5) is 4.39 Å². The molecule has 1 amide bonds. The molecule has 0 N–H and O–H groups in total. The van der Waals surface area contributed by atoms with Crippen LogP contribution in [0.2, 0.25) is 0 Å². The fraction of sp³-hybridized carbons (Fsp3) is 0.462. The van der Waals surface area contributed by atoms with Crippen LogP contribution in [0, 0.1) is 11.7 Å². The summed E-state index contributed by atoms with van der Waals surface area (Å²) in [6, 6.07) is 4.54. The maximum Gasteiger partial charge on any atom is 0.255 e. The zero-order valence-corrected chi connectivity index (χ0v) is 12.3. The first kappa shape index (κ1) is 13.8. The van der Waals surface area contributed by atoms with Crippen LogP contribution in [0.5, 0.6) is 0 Å². The Morgan fingerprint density at radius 1 is 1.61 bits per heavy atom. The zero-order chi connectivity index (χ0) is 13.3. The van der Waals surface area contributed by atoms with Crippen molar-refractivity contribution in [1.82, 2.24) is 4.90 Å². The minimum absolute atomic E-state index is 0.0364. The van der Waals surface area contributed by atoms with Crippen molar-refractivity contribution in [2.75, 3.05) is 12.4 Å². The van der Waals surface area contributed by atoms with Gasteiger partial charge in [0.05, 0.1) is 10.0 Å². The molecule has 0 aliphatic carbocycles. The lowest BCUT2D eigenvalue weighted by atomic mass is 10.0. The molecule has 5 heteroatoms. The number of rotatable bonds is 2. The molecule has 1 heterocycles. The molecule has 1 aliphatic heterocycles. The van der Waals surface area contributed by atoms with E-state index < -0.39 is 5.82 Å². The Morgan fingerprint density at radius 3 is 3.00 bits per heavy atom. The summed E-state index contributed by atoms with van der Waals surface area (Å²) < 4.78 is 13.7. The third-order valence-corrected chi connectivity index (χ3v) is 4.61. The van der Waals surface area contributed by atoms with Crippen molar-refractivity contribution in [3.8, 4) is 0 Å². The van der Waals surface area contributed by atoms with Gasteiger partial charge >= 0.3 is 0 Å². The number of nitrogens with zero attached hydrogens (tertiary/aromatic N) is 1. The standard InChI is InChI=1S/C13H14BrClFNO/c1-8-5-6-17(11(8)7-15)13(18)9-3-2-4-10(16)12(9)14/h2-4,8,11H,5-7H2,1H3. The van der Waals surface area contributed by atoms with E-state index >= 15 is 0 Å². The summed E-state index contributed by atoms with van der Waals surface area (Å²) in [5.74, 6) is 0.227. The number of amides is 1. The number of halogens is 3. The van der Waals surface area contributed by atoms with Crippen molar-refractivity contribution >= 4 is 33.4 Å². The SMILES string of the molecule is CC1CCN(C(=O)c2cccc(F)c2Br)C1CCl. The topological polar surface area (TPSA) is 20.3 Å². The van der Waals surface area contributed by atoms with Crippen molar-refractivity contribution in [1.29, 1.82) is 0 Å². The number of alkyl halides is 1. The van der Waals surface area contributed by atoms with Crippen LogP contribution in [0.15, 0.2) is 22.7 Å². The average Bonchev–Trinajstić information content (AvgIpc) is 2.73. The summed E-state index contributed by atoms with van der Waals surface area (Å²) in [4.78, 5) is 14.2. The first-order chi connectivity index (χ1) is 8.56. The van der Waals surface area contributed by atoms with E-state index in [9.17, 15) is 9.18 Å². The van der Waals surface area contributed by atoms with Crippen molar-refractivity contribution in [2.45, 2.75) is 19.4 Å². The second kappa shape index (κ2) is 5.57. The molecule has 1 aromatic carbocycles. The summed E-state index contributed by atoms with van der Waals surface area (Å²) in [6.07, 6.45) is 0.941. The largest absolute Gasteiger partial charge is 0.334 e. The second-order valence-corrected chi connectivity index (χ2v) is 5.69. The first-order valence-electron chi connectivity index (χ1n) is 5.87. The van der Waals surface area contributed by atoms with Crippen LogP contribution in [0.3, 0.4) is 0 Å². The number of likely N-dealkylation sites (tertiary alicyclic amines) is 1. The third-order valence-electron chi connectivity index (χ3n) is 3.48. The maximum atomic E-state index is 13.4. The van der Waals surface area contributed by atoms with Crippen molar-refractivity contribution in [3.63, 3.8) is 0 Å². The maximum absolute atomic E-state index is 13.4. The van der Waals surface area contributed by atoms with Crippen LogP contribution in [-0.4, -0.2) is 29.3 Å². The van der Waals surface area contributed by atoms with E-state index in [-0.39, 0.29) is 16.4 Å². The van der Waals surface area contributed by atoms with Gasteiger partial charge in [0, 0.05) is 18.5 Å². The van der Waals surface area contributed by atoms with Crippen molar-refractivity contribution in [3.05, 3.63) is 34.1 Å². The fourth-order valence-electron chi connectivity index (χ4n) is 2.32.